The number of carbonyl (C=O) groups excluding carboxylic acids is 4. The average Bonchev–Trinajstić information content (AvgIpc) is 0.811. The Kier molecular flexibility index (Phi) is 40.1. The SMILES string of the molecule is C=Cc1ccccc1.CCCCC1=CN(C(=O)Cc2ccccc2)C(Cc2ccccc2)CC1=O.CCCC[C@@H]1CN(C(=O)Cc2ccccc2)[C@@H](Cc2ccccc2)C/C1=C/c1ccccc1.CCCC[C@@H]1CN(C(=O)Cc2ccccc2)[C@@H](Cc2ccccc2)CC1Cc1ccccc1.C[C@@H]1CC(Cc2ccccc2)C[C@H](Cc2ccccc2)N1CCc1ccccc1. The molecular weight excluding hydrogens is 1590 g/mol. The third-order valence-electron chi connectivity index (χ3n) is 26.6. The molecule has 4 aliphatic heterocycles. The second kappa shape index (κ2) is 53.8. The lowest BCUT2D eigenvalue weighted by Crippen LogP contribution is -2.52. The van der Waals surface area contributed by atoms with E-state index in [0.717, 1.165) is 124 Å². The lowest BCUT2D eigenvalue weighted by Gasteiger charge is -2.45. The smallest absolute Gasteiger partial charge is 0.231 e. The maximum Gasteiger partial charge on any atom is 0.231 e. The quantitative estimate of drug-likeness (QED) is 0.0420. The summed E-state index contributed by atoms with van der Waals surface area (Å²) in [6.07, 6.45) is 29.5. The summed E-state index contributed by atoms with van der Waals surface area (Å²) in [5, 5.41) is 0. The molecule has 9 atom stereocenters. The minimum Gasteiger partial charge on any atom is -0.339 e. The number of Topliss-reactive ketones (excluding diaryl/α,β-unsaturated/α-hetero) is 1. The van der Waals surface area contributed by atoms with Gasteiger partial charge < -0.3 is 14.7 Å². The highest BCUT2D eigenvalue weighted by Gasteiger charge is 2.40. The molecule has 4 aliphatic rings. The number of ketones is 1. The Balaban J connectivity index is 0.000000153. The van der Waals surface area contributed by atoms with Crippen LogP contribution >= 0.6 is 0 Å². The van der Waals surface area contributed by atoms with Crippen LogP contribution < -0.4 is 0 Å². The van der Waals surface area contributed by atoms with E-state index in [4.69, 9.17) is 0 Å². The zero-order valence-electron chi connectivity index (χ0n) is 77.8. The van der Waals surface area contributed by atoms with Crippen molar-refractivity contribution in [3.63, 3.8) is 0 Å². The normalized spacial score (nSPS) is 19.2. The Bertz CT molecular complexity index is 5280. The van der Waals surface area contributed by atoms with E-state index in [-0.39, 0.29) is 41.6 Å². The molecule has 672 valence electrons. The van der Waals surface area contributed by atoms with Gasteiger partial charge in [-0.1, -0.05) is 441 Å². The Morgan fingerprint density at radius 2 is 0.715 bits per heavy atom. The van der Waals surface area contributed by atoms with Crippen LogP contribution in [0, 0.1) is 23.7 Å². The Morgan fingerprint density at radius 1 is 0.346 bits per heavy atom. The summed E-state index contributed by atoms with van der Waals surface area (Å²) in [6.45, 7) is 15.6. The fraction of sp³-hybridized carbons (Fsp3) is 0.328. The monoisotopic (exact) mass is 1730 g/mol. The Morgan fingerprint density at radius 3 is 1.15 bits per heavy atom. The number of rotatable bonds is 32. The van der Waals surface area contributed by atoms with Crippen molar-refractivity contribution in [1.82, 2.24) is 19.6 Å². The first-order valence-corrected chi connectivity index (χ1v) is 48.6. The second-order valence-electron chi connectivity index (χ2n) is 36.4. The molecule has 3 amide bonds. The van der Waals surface area contributed by atoms with E-state index < -0.39 is 0 Å². The number of hydrogen-bond donors (Lipinski definition) is 0. The predicted octanol–water partition coefficient (Wildman–Crippen LogP) is 26.9. The fourth-order valence-corrected chi connectivity index (χ4v) is 19.6. The van der Waals surface area contributed by atoms with Gasteiger partial charge in [0.25, 0.3) is 0 Å². The highest BCUT2D eigenvalue weighted by atomic mass is 16.2. The summed E-state index contributed by atoms with van der Waals surface area (Å²) in [5.74, 6) is 3.16. The van der Waals surface area contributed by atoms with Crippen LogP contribution in [-0.2, 0) is 83.4 Å². The summed E-state index contributed by atoms with van der Waals surface area (Å²) in [5.41, 5.74) is 17.5. The van der Waals surface area contributed by atoms with E-state index in [1.54, 1.807) is 0 Å². The van der Waals surface area contributed by atoms with Crippen molar-refractivity contribution >= 4 is 35.7 Å². The summed E-state index contributed by atoms with van der Waals surface area (Å²) in [7, 11) is 0. The minimum atomic E-state index is -0.110. The lowest BCUT2D eigenvalue weighted by molar-refractivity contribution is -0.137. The highest BCUT2D eigenvalue weighted by molar-refractivity contribution is 5.98. The van der Waals surface area contributed by atoms with Gasteiger partial charge in [-0.25, -0.2) is 0 Å². The van der Waals surface area contributed by atoms with Crippen LogP contribution in [0.25, 0.3) is 12.2 Å². The van der Waals surface area contributed by atoms with Gasteiger partial charge in [0.1, 0.15) is 0 Å². The first-order valence-electron chi connectivity index (χ1n) is 48.6. The number of hydrogen-bond acceptors (Lipinski definition) is 5. The van der Waals surface area contributed by atoms with Crippen molar-refractivity contribution in [2.75, 3.05) is 19.6 Å². The standard InChI is InChI=1S/C31H37NO.C31H35NO.C28H33N.C24H27NO2.C8H8/c2*1-2-3-19-28-24-32(31(33)22-27-17-11-6-12-18-27)30(21-26-15-9-5-10-16-26)23-29(28)20-25-13-7-4-8-14-25;1-23-19-27(20-25-13-7-3-8-14-25)22-28(21-26-15-9-4-10-16-26)29(23)18-17-24-11-5-2-6-12-24;1-2-3-14-21-18-25(24(27)16-20-12-8-5-9-13-20)22(17-23(21)26)15-19-10-6-4-7-11-19;1-2-8-6-4-3-5-7-8/h4-18,28-30H,2-3,19-24H2,1H3;4-18,20,28,30H,2-3,19,21-24H2,1H3;2-16,23,27-28H,17-22H2,1H3;4-13,18,22H,2-3,14-17H2,1H3;2-7H,1H2/b;29-20-;;;/t28-,29?,30+;28-,30+;23-,27?,28+;;/m111../s1. The summed E-state index contributed by atoms with van der Waals surface area (Å²) < 4.78 is 0. The van der Waals surface area contributed by atoms with Crippen molar-refractivity contribution in [3.05, 3.63) is 455 Å². The number of amides is 3. The largest absolute Gasteiger partial charge is 0.339 e. The third kappa shape index (κ3) is 31.9. The van der Waals surface area contributed by atoms with E-state index in [1.807, 2.05) is 132 Å². The Labute approximate surface area is 779 Å². The topological polar surface area (TPSA) is 81.2 Å². The molecule has 8 nitrogen and oxygen atoms in total. The average molecular weight is 1730 g/mol. The van der Waals surface area contributed by atoms with Crippen molar-refractivity contribution in [3.8, 4) is 0 Å². The van der Waals surface area contributed by atoms with E-state index in [0.29, 0.717) is 61.9 Å². The zero-order chi connectivity index (χ0) is 90.5. The number of nitrogens with zero attached hydrogens (tertiary/aromatic N) is 4. The van der Waals surface area contributed by atoms with Crippen LogP contribution in [-0.4, -0.2) is 92.9 Å². The first kappa shape index (κ1) is 97.0. The van der Waals surface area contributed by atoms with Gasteiger partial charge in [0.15, 0.2) is 5.78 Å². The first-order chi connectivity index (χ1) is 63.8. The predicted molar refractivity (Wildman–Crippen MR) is 543 cm³/mol. The van der Waals surface area contributed by atoms with Crippen LogP contribution in [0.4, 0.5) is 0 Å². The van der Waals surface area contributed by atoms with Crippen molar-refractivity contribution < 1.29 is 19.2 Å². The highest BCUT2D eigenvalue weighted by Crippen LogP contribution is 2.39. The summed E-state index contributed by atoms with van der Waals surface area (Å²) in [6, 6.07) is 128. The van der Waals surface area contributed by atoms with Gasteiger partial charge in [-0.2, -0.15) is 0 Å². The number of piperidine rings is 3. The molecule has 4 heterocycles. The molecule has 0 radical (unpaired) electrons. The number of carbonyl (C=O) groups is 4. The van der Waals surface area contributed by atoms with Gasteiger partial charge in [-0.3, -0.25) is 24.1 Å². The molecule has 12 aromatic rings. The van der Waals surface area contributed by atoms with Crippen LogP contribution in [0.5, 0.6) is 0 Å². The van der Waals surface area contributed by atoms with E-state index >= 15 is 0 Å². The maximum absolute atomic E-state index is 13.6. The molecule has 0 aromatic heterocycles. The van der Waals surface area contributed by atoms with Crippen molar-refractivity contribution in [2.45, 2.75) is 212 Å². The molecule has 130 heavy (non-hydrogen) atoms. The molecule has 3 unspecified atom stereocenters. The van der Waals surface area contributed by atoms with Gasteiger partial charge in [-0.15, -0.1) is 0 Å². The molecule has 0 N–H and O–H groups in total. The molecule has 0 saturated carbocycles. The number of likely N-dealkylation sites (tertiary alicyclic amines) is 3. The molecule has 0 spiro atoms. The van der Waals surface area contributed by atoms with Crippen molar-refractivity contribution in [2.24, 2.45) is 23.7 Å². The van der Waals surface area contributed by atoms with E-state index in [1.165, 1.54) is 101 Å². The molecule has 16 rings (SSSR count). The van der Waals surface area contributed by atoms with Gasteiger partial charge in [-0.05, 0) is 194 Å². The fourth-order valence-electron chi connectivity index (χ4n) is 19.6. The molecule has 3 saturated heterocycles. The van der Waals surface area contributed by atoms with Crippen LogP contribution in [0.1, 0.15) is 184 Å². The van der Waals surface area contributed by atoms with Crippen LogP contribution in [0.3, 0.4) is 0 Å². The maximum atomic E-state index is 13.6. The van der Waals surface area contributed by atoms with Gasteiger partial charge in [0.2, 0.25) is 17.7 Å². The van der Waals surface area contributed by atoms with Crippen LogP contribution in [0.2, 0.25) is 0 Å². The van der Waals surface area contributed by atoms with E-state index in [9.17, 15) is 19.2 Å². The minimum absolute atomic E-state index is 0.0589. The molecule has 12 aromatic carbocycles. The molecule has 3 fully saturated rings. The lowest BCUT2D eigenvalue weighted by atomic mass is 9.75. The van der Waals surface area contributed by atoms with Gasteiger partial charge in [0, 0.05) is 68.0 Å². The molecular formula is C122H140N4O4. The molecule has 0 bridgehead atoms. The zero-order valence-corrected chi connectivity index (χ0v) is 77.8. The van der Waals surface area contributed by atoms with Gasteiger partial charge in [0.05, 0.1) is 19.3 Å². The molecule has 0 aliphatic carbocycles. The van der Waals surface area contributed by atoms with Crippen molar-refractivity contribution in [1.29, 1.82) is 0 Å². The number of allylic oxidation sites excluding steroid dienone is 1. The molecule has 8 heteroatoms. The van der Waals surface area contributed by atoms with Gasteiger partial charge >= 0.3 is 0 Å². The second-order valence-corrected chi connectivity index (χ2v) is 36.4. The summed E-state index contributed by atoms with van der Waals surface area (Å²) in [4.78, 5) is 61.9. The van der Waals surface area contributed by atoms with E-state index in [2.05, 4.69) is 304 Å². The number of unbranched alkanes of at least 4 members (excludes halogenated alkanes) is 3. The number of benzene rings is 12. The Hall–Kier alpha value is -12.1. The summed E-state index contributed by atoms with van der Waals surface area (Å²) >= 11 is 0. The third-order valence-corrected chi connectivity index (χ3v) is 26.6. The van der Waals surface area contributed by atoms with Crippen LogP contribution in [0.15, 0.2) is 388 Å².